The number of fused-ring (bicyclic) bond motifs is 1. The first-order chi connectivity index (χ1) is 13.8. The summed E-state index contributed by atoms with van der Waals surface area (Å²) >= 11 is 0. The van der Waals surface area contributed by atoms with E-state index in [0.717, 1.165) is 41.6 Å². The minimum atomic E-state index is -0.302. The predicted molar refractivity (Wildman–Crippen MR) is 102 cm³/mol. The highest BCUT2D eigenvalue weighted by molar-refractivity contribution is 5.77. The fraction of sp³-hybridized carbons (Fsp3) is 0.227. The van der Waals surface area contributed by atoms with Crippen LogP contribution in [0.3, 0.4) is 0 Å². The average molecular weight is 373 g/mol. The number of pyridine rings is 1. The van der Waals surface area contributed by atoms with Crippen LogP contribution in [-0.2, 0) is 24.2 Å². The summed E-state index contributed by atoms with van der Waals surface area (Å²) in [5.74, 6) is 0.576. The zero-order chi connectivity index (χ0) is 19.3. The molecule has 1 amide bonds. The number of aromatic nitrogens is 1. The van der Waals surface area contributed by atoms with Crippen molar-refractivity contribution < 1.29 is 13.9 Å². The molecule has 1 N–H and O–H groups in total. The number of benzene rings is 1. The Morgan fingerprint density at radius 3 is 2.75 bits per heavy atom. The van der Waals surface area contributed by atoms with E-state index < -0.39 is 0 Å². The van der Waals surface area contributed by atoms with E-state index >= 15 is 0 Å². The molecule has 0 fully saturated rings. The van der Waals surface area contributed by atoms with Gasteiger partial charge in [-0.05, 0) is 42.5 Å². The molecule has 6 heteroatoms. The number of hydrogen-bond donors (Lipinski definition) is 1. The smallest absolute Gasteiger partial charge is 0.258 e. The van der Waals surface area contributed by atoms with Crippen LogP contribution >= 0.6 is 0 Å². The molecular formula is C22H19N3O3. The Balaban J connectivity index is 1.56. The van der Waals surface area contributed by atoms with E-state index in [9.17, 15) is 10.1 Å². The predicted octanol–water partition coefficient (Wildman–Crippen LogP) is 3.40. The second kappa shape index (κ2) is 7.97. The quantitative estimate of drug-likeness (QED) is 0.715. The Hall–Kier alpha value is -3.59. The molecule has 3 aromatic rings. The zero-order valence-electron chi connectivity index (χ0n) is 15.3. The molecular weight excluding hydrogens is 354 g/mol. The highest BCUT2D eigenvalue weighted by Gasteiger charge is 2.25. The van der Waals surface area contributed by atoms with Crippen LogP contribution in [0.1, 0.15) is 28.9 Å². The topological polar surface area (TPSA) is 88.1 Å². The number of hydrogen-bond acceptors (Lipinski definition) is 5. The fourth-order valence-electron chi connectivity index (χ4n) is 3.47. The monoisotopic (exact) mass is 373 g/mol. The number of amides is 1. The maximum atomic E-state index is 12.1. The van der Waals surface area contributed by atoms with Crippen molar-refractivity contribution in [1.82, 2.24) is 10.3 Å². The van der Waals surface area contributed by atoms with E-state index in [1.807, 2.05) is 30.3 Å². The molecule has 0 spiro atoms. The number of carbonyl (C=O) groups is 1. The van der Waals surface area contributed by atoms with Crippen LogP contribution in [0.2, 0.25) is 0 Å². The van der Waals surface area contributed by atoms with Crippen molar-refractivity contribution >= 4 is 5.91 Å². The molecule has 140 valence electrons. The number of nitrogens with one attached hydrogen (secondary N) is 1. The van der Waals surface area contributed by atoms with Gasteiger partial charge in [0.05, 0.1) is 18.5 Å². The Morgan fingerprint density at radius 1 is 1.18 bits per heavy atom. The van der Waals surface area contributed by atoms with Gasteiger partial charge in [-0.25, -0.2) is 4.98 Å². The number of nitrogens with zero attached hydrogens (tertiary/aromatic N) is 2. The second-order valence-corrected chi connectivity index (χ2v) is 6.57. The van der Waals surface area contributed by atoms with E-state index in [-0.39, 0.29) is 24.9 Å². The molecule has 0 saturated carbocycles. The first-order valence-electron chi connectivity index (χ1n) is 9.19. The van der Waals surface area contributed by atoms with Crippen molar-refractivity contribution in [2.24, 2.45) is 0 Å². The van der Waals surface area contributed by atoms with E-state index in [1.54, 1.807) is 18.4 Å². The molecule has 1 aliphatic carbocycles. The van der Waals surface area contributed by atoms with Crippen LogP contribution in [0.5, 0.6) is 5.88 Å². The molecule has 28 heavy (non-hydrogen) atoms. The van der Waals surface area contributed by atoms with Crippen LogP contribution in [-0.4, -0.2) is 17.5 Å². The lowest BCUT2D eigenvalue weighted by Gasteiger charge is -2.14. The van der Waals surface area contributed by atoms with E-state index in [0.29, 0.717) is 11.3 Å². The van der Waals surface area contributed by atoms with Gasteiger partial charge in [-0.15, -0.1) is 0 Å². The molecule has 1 aromatic carbocycles. The zero-order valence-corrected chi connectivity index (χ0v) is 15.3. The Kier molecular flexibility index (Phi) is 5.07. The van der Waals surface area contributed by atoms with Gasteiger partial charge in [0.2, 0.25) is 5.88 Å². The van der Waals surface area contributed by atoms with Crippen molar-refractivity contribution in [3.8, 4) is 23.2 Å². The van der Waals surface area contributed by atoms with E-state index in [1.165, 1.54) is 0 Å². The summed E-state index contributed by atoms with van der Waals surface area (Å²) in [6, 6.07) is 15.6. The van der Waals surface area contributed by atoms with Crippen molar-refractivity contribution in [1.29, 1.82) is 5.26 Å². The summed E-state index contributed by atoms with van der Waals surface area (Å²) in [6.07, 6.45) is 4.25. The van der Waals surface area contributed by atoms with Gasteiger partial charge in [-0.2, -0.15) is 5.26 Å². The van der Waals surface area contributed by atoms with Gasteiger partial charge in [-0.3, -0.25) is 4.79 Å². The van der Waals surface area contributed by atoms with Crippen LogP contribution in [0.4, 0.5) is 0 Å². The largest absolute Gasteiger partial charge is 0.467 e. The number of ether oxygens (including phenoxy) is 1. The van der Waals surface area contributed by atoms with Gasteiger partial charge in [0.1, 0.15) is 17.4 Å². The minimum Gasteiger partial charge on any atom is -0.467 e. The molecule has 2 heterocycles. The van der Waals surface area contributed by atoms with Gasteiger partial charge < -0.3 is 14.5 Å². The first-order valence-corrected chi connectivity index (χ1v) is 9.19. The third kappa shape index (κ3) is 3.60. The maximum Gasteiger partial charge on any atom is 0.258 e. The third-order valence-electron chi connectivity index (χ3n) is 4.77. The first kappa shape index (κ1) is 17.8. The summed E-state index contributed by atoms with van der Waals surface area (Å²) in [7, 11) is 0. The molecule has 6 nitrogen and oxygen atoms in total. The lowest BCUT2D eigenvalue weighted by Crippen LogP contribution is -2.28. The number of nitriles is 1. The molecule has 0 aliphatic heterocycles. The summed E-state index contributed by atoms with van der Waals surface area (Å²) in [6.45, 7) is 0.0720. The Labute approximate surface area is 162 Å². The summed E-state index contributed by atoms with van der Waals surface area (Å²) in [5.41, 5.74) is 4.35. The summed E-state index contributed by atoms with van der Waals surface area (Å²) < 4.78 is 10.9. The highest BCUT2D eigenvalue weighted by atomic mass is 16.5. The molecule has 1 aliphatic rings. The molecule has 0 atom stereocenters. The van der Waals surface area contributed by atoms with Crippen LogP contribution < -0.4 is 10.1 Å². The molecule has 0 bridgehead atoms. The van der Waals surface area contributed by atoms with Crippen molar-refractivity contribution in [3.63, 3.8) is 0 Å². The molecule has 2 aromatic heterocycles. The van der Waals surface area contributed by atoms with Gasteiger partial charge in [-0.1, -0.05) is 30.3 Å². The number of carbonyl (C=O) groups excluding carboxylic acids is 1. The minimum absolute atomic E-state index is 0.213. The molecule has 4 rings (SSSR count). The lowest BCUT2D eigenvalue weighted by molar-refractivity contribution is -0.123. The standard InChI is InChI=1S/C22H19N3O3/c23-12-19-17-9-4-10-18(17)21(15-6-2-1-3-7-15)25-22(19)28-14-20(26)24-13-16-8-5-11-27-16/h1-3,5-8,11H,4,9-10,13-14H2,(H,24,26). The van der Waals surface area contributed by atoms with Gasteiger partial charge in [0, 0.05) is 5.56 Å². The van der Waals surface area contributed by atoms with Gasteiger partial charge in [0.25, 0.3) is 5.91 Å². The Bertz CT molecular complexity index is 1020. The molecule has 0 radical (unpaired) electrons. The fourth-order valence-corrected chi connectivity index (χ4v) is 3.47. The van der Waals surface area contributed by atoms with Crippen LogP contribution in [0, 0.1) is 11.3 Å². The second-order valence-electron chi connectivity index (χ2n) is 6.57. The maximum absolute atomic E-state index is 12.1. The summed E-state index contributed by atoms with van der Waals surface area (Å²) in [5, 5.41) is 12.4. The van der Waals surface area contributed by atoms with Crippen molar-refractivity contribution in [2.75, 3.05) is 6.61 Å². The average Bonchev–Trinajstić information content (AvgIpc) is 3.42. The van der Waals surface area contributed by atoms with E-state index in [2.05, 4.69) is 16.4 Å². The highest BCUT2D eigenvalue weighted by Crippen LogP contribution is 2.36. The van der Waals surface area contributed by atoms with Crippen LogP contribution in [0.25, 0.3) is 11.3 Å². The summed E-state index contributed by atoms with van der Waals surface area (Å²) in [4.78, 5) is 16.7. The van der Waals surface area contributed by atoms with Gasteiger partial charge in [0.15, 0.2) is 6.61 Å². The Morgan fingerprint density at radius 2 is 2.00 bits per heavy atom. The van der Waals surface area contributed by atoms with Gasteiger partial charge >= 0.3 is 0 Å². The SMILES string of the molecule is N#Cc1c(OCC(=O)NCc2ccco2)nc(-c2ccccc2)c2c1CCC2. The molecule has 0 unspecified atom stereocenters. The lowest BCUT2D eigenvalue weighted by atomic mass is 9.99. The van der Waals surface area contributed by atoms with Crippen LogP contribution in [0.15, 0.2) is 53.1 Å². The molecule has 0 saturated heterocycles. The number of rotatable bonds is 6. The third-order valence-corrected chi connectivity index (χ3v) is 4.77. The van der Waals surface area contributed by atoms with E-state index in [4.69, 9.17) is 9.15 Å². The van der Waals surface area contributed by atoms with Crippen molar-refractivity contribution in [2.45, 2.75) is 25.8 Å². The van der Waals surface area contributed by atoms with Crippen molar-refractivity contribution in [3.05, 3.63) is 71.2 Å². The normalized spacial score (nSPS) is 12.2. The number of furan rings is 1.